The molecule has 27 heavy (non-hydrogen) atoms. The van der Waals surface area contributed by atoms with Crippen molar-refractivity contribution in [2.75, 3.05) is 12.3 Å². The molecule has 0 aliphatic carbocycles. The Balaban J connectivity index is 1.48. The molecule has 1 aliphatic rings. The Kier molecular flexibility index (Phi) is 5.36. The number of amides is 1. The van der Waals surface area contributed by atoms with Crippen LogP contribution in [0.4, 0.5) is 0 Å². The van der Waals surface area contributed by atoms with Crippen molar-refractivity contribution in [1.29, 1.82) is 0 Å². The molecule has 6 heteroatoms. The summed E-state index contributed by atoms with van der Waals surface area (Å²) in [5, 5.41) is 2.95. The molecule has 0 N–H and O–H groups in total. The van der Waals surface area contributed by atoms with Crippen molar-refractivity contribution < 1.29 is 4.79 Å². The Hall–Kier alpha value is -2.05. The van der Waals surface area contributed by atoms with Crippen LogP contribution >= 0.6 is 23.1 Å². The molecule has 0 saturated carbocycles. The minimum atomic E-state index is 0.200. The molecule has 1 unspecified atom stereocenters. The maximum absolute atomic E-state index is 12.9. The van der Waals surface area contributed by atoms with Crippen LogP contribution in [-0.2, 0) is 4.79 Å². The van der Waals surface area contributed by atoms with Crippen LogP contribution in [0.1, 0.15) is 34.9 Å². The van der Waals surface area contributed by atoms with Gasteiger partial charge in [0.2, 0.25) is 5.91 Å². The number of benzene rings is 1. The highest BCUT2D eigenvalue weighted by molar-refractivity contribution is 7.99. The first-order chi connectivity index (χ1) is 13.1. The summed E-state index contributed by atoms with van der Waals surface area (Å²) >= 11 is 3.26. The van der Waals surface area contributed by atoms with Crippen molar-refractivity contribution in [3.8, 4) is 5.69 Å². The molecule has 1 aromatic carbocycles. The molecule has 2 aromatic heterocycles. The average molecular weight is 398 g/mol. The van der Waals surface area contributed by atoms with E-state index in [1.807, 2.05) is 11.1 Å². The number of aryl methyl sites for hydroxylation is 1. The lowest BCUT2D eigenvalue weighted by molar-refractivity contribution is -0.129. The first kappa shape index (κ1) is 18.3. The van der Waals surface area contributed by atoms with Crippen LogP contribution in [0, 0.1) is 13.8 Å². The number of thioether (sulfide) groups is 1. The van der Waals surface area contributed by atoms with Gasteiger partial charge in [-0.1, -0.05) is 30.0 Å². The summed E-state index contributed by atoms with van der Waals surface area (Å²) in [4.78, 5) is 20.7. The number of rotatable bonds is 5. The van der Waals surface area contributed by atoms with Crippen LogP contribution in [0.25, 0.3) is 5.69 Å². The summed E-state index contributed by atoms with van der Waals surface area (Å²) in [6, 6.07) is 10.7. The predicted molar refractivity (Wildman–Crippen MR) is 112 cm³/mol. The second-order valence-electron chi connectivity index (χ2n) is 6.85. The fourth-order valence-electron chi connectivity index (χ4n) is 3.63. The number of aromatic nitrogens is 2. The van der Waals surface area contributed by atoms with Gasteiger partial charge in [0.1, 0.15) is 0 Å². The molecular weight excluding hydrogens is 374 g/mol. The fourth-order valence-corrected chi connectivity index (χ4v) is 5.35. The Morgan fingerprint density at radius 2 is 2.19 bits per heavy atom. The molecule has 1 aliphatic heterocycles. The van der Waals surface area contributed by atoms with Crippen molar-refractivity contribution in [2.24, 2.45) is 0 Å². The van der Waals surface area contributed by atoms with Gasteiger partial charge in [-0.2, -0.15) is 0 Å². The molecular formula is C21H23N3OS2. The molecule has 4 nitrogen and oxygen atoms in total. The average Bonchev–Trinajstić information content (AvgIpc) is 3.42. The molecule has 1 amide bonds. The van der Waals surface area contributed by atoms with Crippen molar-refractivity contribution in [1.82, 2.24) is 14.5 Å². The second kappa shape index (κ2) is 7.90. The second-order valence-corrected chi connectivity index (χ2v) is 8.77. The van der Waals surface area contributed by atoms with Gasteiger partial charge in [0, 0.05) is 23.8 Å². The van der Waals surface area contributed by atoms with Gasteiger partial charge < -0.3 is 4.90 Å². The van der Waals surface area contributed by atoms with Gasteiger partial charge in [-0.3, -0.25) is 9.36 Å². The molecule has 140 valence electrons. The quantitative estimate of drug-likeness (QED) is 0.568. The van der Waals surface area contributed by atoms with E-state index in [0.717, 1.165) is 30.2 Å². The highest BCUT2D eigenvalue weighted by atomic mass is 32.2. The molecule has 3 heterocycles. The van der Waals surface area contributed by atoms with E-state index in [2.05, 4.69) is 59.1 Å². The lowest BCUT2D eigenvalue weighted by atomic mass is 10.1. The van der Waals surface area contributed by atoms with Gasteiger partial charge in [-0.05, 0) is 55.3 Å². The van der Waals surface area contributed by atoms with E-state index in [9.17, 15) is 4.79 Å². The molecule has 4 rings (SSSR count). The maximum Gasteiger partial charge on any atom is 0.233 e. The van der Waals surface area contributed by atoms with Crippen LogP contribution < -0.4 is 0 Å². The zero-order valence-electron chi connectivity index (χ0n) is 15.6. The number of hydrogen-bond acceptors (Lipinski definition) is 4. The van der Waals surface area contributed by atoms with Crippen LogP contribution in [0.2, 0.25) is 0 Å². The highest BCUT2D eigenvalue weighted by Gasteiger charge is 2.30. The number of imidazole rings is 1. The molecule has 0 spiro atoms. The zero-order chi connectivity index (χ0) is 18.8. The number of carbonyl (C=O) groups is 1. The standard InChI is InChI=1S/C21H23N3OS2/c1-15-6-3-7-17(16(15)2)24-12-10-22-21(24)27-14-20(25)23-11-4-8-18(23)19-9-5-13-26-19/h3,5-7,9-10,12-13,18H,4,8,11,14H2,1-2H3. The van der Waals surface area contributed by atoms with Gasteiger partial charge >= 0.3 is 0 Å². The van der Waals surface area contributed by atoms with E-state index >= 15 is 0 Å². The Morgan fingerprint density at radius 1 is 1.30 bits per heavy atom. The summed E-state index contributed by atoms with van der Waals surface area (Å²) in [6.07, 6.45) is 5.92. The predicted octanol–water partition coefficient (Wildman–Crippen LogP) is 5.01. The maximum atomic E-state index is 12.9. The molecule has 1 saturated heterocycles. The zero-order valence-corrected chi connectivity index (χ0v) is 17.2. The van der Waals surface area contributed by atoms with Crippen LogP contribution in [0.5, 0.6) is 0 Å². The normalized spacial score (nSPS) is 16.8. The fraction of sp³-hybridized carbons (Fsp3) is 0.333. The minimum absolute atomic E-state index is 0.200. The Labute approximate surface area is 168 Å². The Morgan fingerprint density at radius 3 is 3.00 bits per heavy atom. The van der Waals surface area contributed by atoms with Gasteiger partial charge in [0.15, 0.2) is 5.16 Å². The number of carbonyl (C=O) groups excluding carboxylic acids is 1. The van der Waals surface area contributed by atoms with Crippen LogP contribution in [0.15, 0.2) is 53.3 Å². The van der Waals surface area contributed by atoms with Gasteiger partial charge in [0.05, 0.1) is 17.5 Å². The summed E-state index contributed by atoms with van der Waals surface area (Å²) in [7, 11) is 0. The lowest BCUT2D eigenvalue weighted by Crippen LogP contribution is -2.31. The molecule has 1 fully saturated rings. The first-order valence-electron chi connectivity index (χ1n) is 9.21. The van der Waals surface area contributed by atoms with E-state index in [1.165, 1.54) is 27.8 Å². The molecule has 0 radical (unpaired) electrons. The molecule has 3 aromatic rings. The van der Waals surface area contributed by atoms with Crippen molar-refractivity contribution >= 4 is 29.0 Å². The molecule has 1 atom stereocenters. The summed E-state index contributed by atoms with van der Waals surface area (Å²) in [5.41, 5.74) is 3.62. The smallest absolute Gasteiger partial charge is 0.233 e. The van der Waals surface area contributed by atoms with E-state index in [-0.39, 0.29) is 11.9 Å². The van der Waals surface area contributed by atoms with Crippen molar-refractivity contribution in [2.45, 2.75) is 37.9 Å². The van der Waals surface area contributed by atoms with Gasteiger partial charge in [-0.25, -0.2) is 4.98 Å². The number of likely N-dealkylation sites (tertiary alicyclic amines) is 1. The third-order valence-electron chi connectivity index (χ3n) is 5.21. The topological polar surface area (TPSA) is 38.1 Å². The highest BCUT2D eigenvalue weighted by Crippen LogP contribution is 2.35. The lowest BCUT2D eigenvalue weighted by Gasteiger charge is -2.23. The third kappa shape index (κ3) is 3.69. The van der Waals surface area contributed by atoms with E-state index < -0.39 is 0 Å². The number of hydrogen-bond donors (Lipinski definition) is 0. The van der Waals surface area contributed by atoms with Crippen LogP contribution in [0.3, 0.4) is 0 Å². The van der Waals surface area contributed by atoms with E-state index in [4.69, 9.17) is 0 Å². The number of thiophene rings is 1. The van der Waals surface area contributed by atoms with E-state index in [1.54, 1.807) is 17.5 Å². The van der Waals surface area contributed by atoms with E-state index in [0.29, 0.717) is 5.75 Å². The monoisotopic (exact) mass is 397 g/mol. The Bertz CT molecular complexity index is 933. The van der Waals surface area contributed by atoms with Crippen molar-refractivity contribution in [3.63, 3.8) is 0 Å². The first-order valence-corrected chi connectivity index (χ1v) is 11.1. The largest absolute Gasteiger partial charge is 0.334 e. The summed E-state index contributed by atoms with van der Waals surface area (Å²) < 4.78 is 2.08. The van der Waals surface area contributed by atoms with Crippen molar-refractivity contribution in [3.05, 3.63) is 64.1 Å². The SMILES string of the molecule is Cc1cccc(-n2ccnc2SCC(=O)N2CCCC2c2cccs2)c1C. The van der Waals surface area contributed by atoms with Gasteiger partial charge in [-0.15, -0.1) is 11.3 Å². The van der Waals surface area contributed by atoms with Crippen LogP contribution in [-0.4, -0.2) is 32.7 Å². The summed E-state index contributed by atoms with van der Waals surface area (Å²) in [5.74, 6) is 0.621. The van der Waals surface area contributed by atoms with Gasteiger partial charge in [0.25, 0.3) is 0 Å². The third-order valence-corrected chi connectivity index (χ3v) is 7.14. The number of nitrogens with zero attached hydrogens (tertiary/aromatic N) is 3. The molecule has 0 bridgehead atoms. The minimum Gasteiger partial charge on any atom is -0.334 e. The summed E-state index contributed by atoms with van der Waals surface area (Å²) in [6.45, 7) is 5.09.